The van der Waals surface area contributed by atoms with Crippen LogP contribution >= 0.6 is 15.9 Å². The monoisotopic (exact) mass is 253 g/mol. The number of hydrogen-bond donors (Lipinski definition) is 2. The van der Waals surface area contributed by atoms with Gasteiger partial charge >= 0.3 is 0 Å². The summed E-state index contributed by atoms with van der Waals surface area (Å²) in [4.78, 5) is 3.16. The van der Waals surface area contributed by atoms with Crippen LogP contribution in [0, 0.1) is 0 Å². The van der Waals surface area contributed by atoms with Crippen molar-refractivity contribution in [3.8, 4) is 0 Å². The van der Waals surface area contributed by atoms with Crippen LogP contribution in [0.1, 0.15) is 12.5 Å². The Morgan fingerprint density at radius 2 is 2.29 bits per heavy atom. The van der Waals surface area contributed by atoms with Gasteiger partial charge in [0.2, 0.25) is 0 Å². The van der Waals surface area contributed by atoms with Crippen molar-refractivity contribution in [1.29, 1.82) is 0 Å². The number of nitrogens with one attached hydrogen (secondary N) is 1. The van der Waals surface area contributed by atoms with Crippen LogP contribution in [0.3, 0.4) is 0 Å². The topological polar surface area (TPSA) is 36.0 Å². The Morgan fingerprint density at radius 1 is 1.50 bits per heavy atom. The third-order valence-electron chi connectivity index (χ3n) is 2.23. The van der Waals surface area contributed by atoms with Crippen molar-refractivity contribution in [2.75, 3.05) is 0 Å². The Balaban J connectivity index is 2.44. The first kappa shape index (κ1) is 9.74. The van der Waals surface area contributed by atoms with Crippen LogP contribution in [-0.4, -0.2) is 16.2 Å². The SMILES string of the molecule is CC(O)Cc1ccc2[nH]cc(Br)c2c1. The number of hydrogen-bond acceptors (Lipinski definition) is 1. The molecule has 2 N–H and O–H groups in total. The van der Waals surface area contributed by atoms with Gasteiger partial charge in [-0.3, -0.25) is 0 Å². The molecule has 1 atom stereocenters. The molecule has 0 fully saturated rings. The molecule has 0 spiro atoms. The van der Waals surface area contributed by atoms with E-state index in [0.717, 1.165) is 15.6 Å². The molecule has 3 heteroatoms. The number of H-pyrrole nitrogens is 1. The molecule has 2 aromatic rings. The summed E-state index contributed by atoms with van der Waals surface area (Å²) in [7, 11) is 0. The summed E-state index contributed by atoms with van der Waals surface area (Å²) in [5, 5.41) is 10.4. The summed E-state index contributed by atoms with van der Waals surface area (Å²) in [6.45, 7) is 1.80. The molecule has 0 aliphatic carbocycles. The van der Waals surface area contributed by atoms with Crippen LogP contribution in [0.2, 0.25) is 0 Å². The molecule has 1 heterocycles. The van der Waals surface area contributed by atoms with E-state index in [-0.39, 0.29) is 6.10 Å². The van der Waals surface area contributed by atoms with Gasteiger partial charge < -0.3 is 10.1 Å². The fourth-order valence-electron chi connectivity index (χ4n) is 1.60. The second kappa shape index (κ2) is 3.75. The summed E-state index contributed by atoms with van der Waals surface area (Å²) in [5.74, 6) is 0. The van der Waals surface area contributed by atoms with Gasteiger partial charge in [-0.1, -0.05) is 6.07 Å². The molecule has 14 heavy (non-hydrogen) atoms. The lowest BCUT2D eigenvalue weighted by Gasteiger charge is -2.04. The zero-order valence-electron chi connectivity index (χ0n) is 7.92. The Morgan fingerprint density at radius 3 is 3.00 bits per heavy atom. The Kier molecular flexibility index (Phi) is 2.61. The smallest absolute Gasteiger partial charge is 0.0552 e. The van der Waals surface area contributed by atoms with Crippen LogP contribution < -0.4 is 0 Å². The molecule has 0 aliphatic rings. The minimum absolute atomic E-state index is 0.287. The molecule has 0 saturated carbocycles. The number of rotatable bonds is 2. The second-order valence-electron chi connectivity index (χ2n) is 3.57. The van der Waals surface area contributed by atoms with E-state index >= 15 is 0 Å². The fraction of sp³-hybridized carbons (Fsp3) is 0.273. The minimum atomic E-state index is -0.287. The van der Waals surface area contributed by atoms with Crippen LogP contribution in [0.25, 0.3) is 10.9 Å². The normalized spacial score (nSPS) is 13.4. The predicted octanol–water partition coefficient (Wildman–Crippen LogP) is 2.85. The van der Waals surface area contributed by atoms with Gasteiger partial charge in [0.25, 0.3) is 0 Å². The lowest BCUT2D eigenvalue weighted by Crippen LogP contribution is -2.03. The first-order chi connectivity index (χ1) is 6.66. The Hall–Kier alpha value is -0.800. The molecule has 0 aliphatic heterocycles. The van der Waals surface area contributed by atoms with Crippen molar-refractivity contribution in [2.45, 2.75) is 19.4 Å². The number of benzene rings is 1. The van der Waals surface area contributed by atoms with E-state index in [9.17, 15) is 5.11 Å². The highest BCUT2D eigenvalue weighted by Crippen LogP contribution is 2.24. The summed E-state index contributed by atoms with van der Waals surface area (Å²) < 4.78 is 1.07. The predicted molar refractivity (Wildman–Crippen MR) is 61.4 cm³/mol. The van der Waals surface area contributed by atoms with Crippen molar-refractivity contribution in [3.63, 3.8) is 0 Å². The Labute approximate surface area is 91.1 Å². The van der Waals surface area contributed by atoms with E-state index in [2.05, 4.69) is 27.0 Å². The van der Waals surface area contributed by atoms with Gasteiger partial charge in [0.15, 0.2) is 0 Å². The largest absolute Gasteiger partial charge is 0.393 e. The van der Waals surface area contributed by atoms with E-state index in [1.165, 1.54) is 5.39 Å². The van der Waals surface area contributed by atoms with Crippen LogP contribution in [-0.2, 0) is 6.42 Å². The molecule has 0 radical (unpaired) electrons. The summed E-state index contributed by atoms with van der Waals surface area (Å²) >= 11 is 3.47. The fourth-order valence-corrected chi connectivity index (χ4v) is 2.04. The second-order valence-corrected chi connectivity index (χ2v) is 4.42. The molecular formula is C11H12BrNO. The van der Waals surface area contributed by atoms with Gasteiger partial charge in [0.1, 0.15) is 0 Å². The zero-order chi connectivity index (χ0) is 10.1. The molecule has 0 saturated heterocycles. The summed E-state index contributed by atoms with van der Waals surface area (Å²) in [5.41, 5.74) is 2.28. The number of aromatic nitrogens is 1. The van der Waals surface area contributed by atoms with Gasteiger partial charge in [-0.25, -0.2) is 0 Å². The number of fused-ring (bicyclic) bond motifs is 1. The first-order valence-corrected chi connectivity index (χ1v) is 5.39. The van der Waals surface area contributed by atoms with Crippen LogP contribution in [0.15, 0.2) is 28.9 Å². The first-order valence-electron chi connectivity index (χ1n) is 4.60. The van der Waals surface area contributed by atoms with Crippen molar-refractivity contribution >= 4 is 26.8 Å². The molecule has 2 rings (SSSR count). The van der Waals surface area contributed by atoms with Gasteiger partial charge in [0.05, 0.1) is 6.10 Å². The molecule has 1 aromatic heterocycles. The van der Waals surface area contributed by atoms with Crippen molar-refractivity contribution in [2.24, 2.45) is 0 Å². The van der Waals surface area contributed by atoms with E-state index in [4.69, 9.17) is 0 Å². The van der Waals surface area contributed by atoms with Crippen molar-refractivity contribution in [3.05, 3.63) is 34.4 Å². The van der Waals surface area contributed by atoms with Gasteiger partial charge in [-0.05, 0) is 47.0 Å². The van der Waals surface area contributed by atoms with Crippen molar-refractivity contribution < 1.29 is 5.11 Å². The van der Waals surface area contributed by atoms with Crippen molar-refractivity contribution in [1.82, 2.24) is 4.98 Å². The number of aliphatic hydroxyl groups is 1. The molecule has 2 nitrogen and oxygen atoms in total. The molecule has 1 aromatic carbocycles. The lowest BCUT2D eigenvalue weighted by atomic mass is 10.1. The van der Waals surface area contributed by atoms with Gasteiger partial charge in [-0.15, -0.1) is 0 Å². The molecule has 0 amide bonds. The highest BCUT2D eigenvalue weighted by Gasteiger charge is 2.03. The zero-order valence-corrected chi connectivity index (χ0v) is 9.51. The highest BCUT2D eigenvalue weighted by atomic mass is 79.9. The molecule has 0 bridgehead atoms. The molecular weight excluding hydrogens is 242 g/mol. The maximum Gasteiger partial charge on any atom is 0.0552 e. The molecule has 74 valence electrons. The average molecular weight is 254 g/mol. The summed E-state index contributed by atoms with van der Waals surface area (Å²) in [6, 6.07) is 6.18. The van der Waals surface area contributed by atoms with E-state index in [1.54, 1.807) is 6.92 Å². The van der Waals surface area contributed by atoms with Crippen LogP contribution in [0.4, 0.5) is 0 Å². The highest BCUT2D eigenvalue weighted by molar-refractivity contribution is 9.10. The maximum absolute atomic E-state index is 9.28. The third-order valence-corrected chi connectivity index (χ3v) is 2.88. The van der Waals surface area contributed by atoms with Gasteiger partial charge in [0, 0.05) is 21.6 Å². The molecule has 1 unspecified atom stereocenters. The van der Waals surface area contributed by atoms with E-state index in [1.807, 2.05) is 18.3 Å². The van der Waals surface area contributed by atoms with E-state index in [0.29, 0.717) is 6.42 Å². The average Bonchev–Trinajstić information content (AvgIpc) is 2.47. The number of halogens is 1. The third kappa shape index (κ3) is 1.83. The summed E-state index contributed by atoms with van der Waals surface area (Å²) in [6.07, 6.45) is 2.34. The van der Waals surface area contributed by atoms with Crippen LogP contribution in [0.5, 0.6) is 0 Å². The maximum atomic E-state index is 9.28. The standard InChI is InChI=1S/C11H12BrNO/c1-7(14)4-8-2-3-11-9(5-8)10(12)6-13-11/h2-3,5-7,13-14H,4H2,1H3. The number of aliphatic hydroxyl groups excluding tert-OH is 1. The Bertz CT molecular complexity index is 447. The number of aromatic amines is 1. The van der Waals surface area contributed by atoms with E-state index < -0.39 is 0 Å². The lowest BCUT2D eigenvalue weighted by molar-refractivity contribution is 0.195. The van der Waals surface area contributed by atoms with Gasteiger partial charge in [-0.2, -0.15) is 0 Å². The minimum Gasteiger partial charge on any atom is -0.393 e. The quantitative estimate of drug-likeness (QED) is 0.849.